The molecule has 86 valence electrons. The van der Waals surface area contributed by atoms with E-state index in [-0.39, 0.29) is 23.9 Å². The Morgan fingerprint density at radius 3 is 2.88 bits per heavy atom. The summed E-state index contributed by atoms with van der Waals surface area (Å²) in [5, 5.41) is 0. The maximum atomic E-state index is 13.6. The topological polar surface area (TPSA) is 15.8 Å². The average Bonchev–Trinajstić information content (AvgIpc) is 3.01. The number of hydrogen-bond donors (Lipinski definition) is 0. The van der Waals surface area contributed by atoms with Crippen LogP contribution in [0, 0.1) is 11.6 Å². The standard InChI is InChI=1S/C12H13F2NO/c13-8-3-4-10(14)9(6-8)11-2-1-5-15(11)12-7-16-12/h3-4,6,11-12H,1-2,5,7H2/t11-,12?/m1/s1. The molecule has 2 saturated heterocycles. The van der Waals surface area contributed by atoms with Crippen molar-refractivity contribution in [3.8, 4) is 0 Å². The van der Waals surface area contributed by atoms with Crippen LogP contribution in [0.25, 0.3) is 0 Å². The number of ether oxygens (including phenoxy) is 1. The molecule has 1 unspecified atom stereocenters. The molecule has 0 aromatic heterocycles. The lowest BCUT2D eigenvalue weighted by molar-refractivity contribution is 0.159. The van der Waals surface area contributed by atoms with E-state index in [9.17, 15) is 8.78 Å². The highest BCUT2D eigenvalue weighted by atomic mass is 19.1. The van der Waals surface area contributed by atoms with Gasteiger partial charge in [0.15, 0.2) is 0 Å². The van der Waals surface area contributed by atoms with Gasteiger partial charge < -0.3 is 4.74 Å². The summed E-state index contributed by atoms with van der Waals surface area (Å²) < 4.78 is 32.0. The molecule has 16 heavy (non-hydrogen) atoms. The molecule has 2 heterocycles. The van der Waals surface area contributed by atoms with E-state index in [0.717, 1.165) is 25.5 Å². The second kappa shape index (κ2) is 3.79. The van der Waals surface area contributed by atoms with E-state index in [1.165, 1.54) is 12.1 Å². The van der Waals surface area contributed by atoms with Crippen molar-refractivity contribution in [2.45, 2.75) is 25.1 Å². The molecule has 2 nitrogen and oxygen atoms in total. The van der Waals surface area contributed by atoms with Gasteiger partial charge in [-0.05, 0) is 31.0 Å². The van der Waals surface area contributed by atoms with E-state index in [0.29, 0.717) is 12.2 Å². The average molecular weight is 225 g/mol. The van der Waals surface area contributed by atoms with Crippen LogP contribution in [0.15, 0.2) is 18.2 Å². The second-order valence-electron chi connectivity index (χ2n) is 4.35. The normalized spacial score (nSPS) is 29.6. The van der Waals surface area contributed by atoms with E-state index in [2.05, 4.69) is 4.90 Å². The van der Waals surface area contributed by atoms with Gasteiger partial charge in [-0.1, -0.05) is 0 Å². The Balaban J connectivity index is 1.92. The van der Waals surface area contributed by atoms with Crippen molar-refractivity contribution in [1.29, 1.82) is 0 Å². The minimum atomic E-state index is -0.375. The zero-order valence-electron chi connectivity index (χ0n) is 8.83. The number of benzene rings is 1. The van der Waals surface area contributed by atoms with Gasteiger partial charge in [0, 0.05) is 18.2 Å². The van der Waals surface area contributed by atoms with Crippen molar-refractivity contribution in [3.63, 3.8) is 0 Å². The van der Waals surface area contributed by atoms with Crippen LogP contribution in [0.3, 0.4) is 0 Å². The molecule has 1 aromatic carbocycles. The van der Waals surface area contributed by atoms with Crippen LogP contribution in [0.5, 0.6) is 0 Å². The van der Waals surface area contributed by atoms with Gasteiger partial charge in [-0.3, -0.25) is 4.90 Å². The number of likely N-dealkylation sites (tertiary alicyclic amines) is 1. The Hall–Kier alpha value is -1.00. The fraction of sp³-hybridized carbons (Fsp3) is 0.500. The summed E-state index contributed by atoms with van der Waals surface area (Å²) in [5.74, 6) is -0.695. The van der Waals surface area contributed by atoms with Gasteiger partial charge in [0.25, 0.3) is 0 Å². The number of epoxide rings is 1. The van der Waals surface area contributed by atoms with Gasteiger partial charge in [-0.15, -0.1) is 0 Å². The Morgan fingerprint density at radius 2 is 2.12 bits per heavy atom. The van der Waals surface area contributed by atoms with Gasteiger partial charge in [0.2, 0.25) is 0 Å². The van der Waals surface area contributed by atoms with Gasteiger partial charge in [-0.2, -0.15) is 0 Å². The van der Waals surface area contributed by atoms with E-state index >= 15 is 0 Å². The van der Waals surface area contributed by atoms with Crippen molar-refractivity contribution in [2.24, 2.45) is 0 Å². The van der Waals surface area contributed by atoms with Crippen LogP contribution >= 0.6 is 0 Å². The van der Waals surface area contributed by atoms with E-state index in [1.807, 2.05) is 0 Å². The minimum Gasteiger partial charge on any atom is -0.357 e. The summed E-state index contributed by atoms with van der Waals surface area (Å²) in [4.78, 5) is 2.12. The SMILES string of the molecule is Fc1ccc(F)c([C@H]2CCCN2C2CO2)c1. The predicted molar refractivity (Wildman–Crippen MR) is 54.8 cm³/mol. The quantitative estimate of drug-likeness (QED) is 0.718. The number of halogens is 2. The molecular weight excluding hydrogens is 212 g/mol. The third-order valence-electron chi connectivity index (χ3n) is 3.30. The van der Waals surface area contributed by atoms with E-state index in [1.54, 1.807) is 0 Å². The second-order valence-corrected chi connectivity index (χ2v) is 4.35. The molecule has 0 N–H and O–H groups in total. The molecule has 3 rings (SSSR count). The smallest absolute Gasteiger partial charge is 0.135 e. The summed E-state index contributed by atoms with van der Waals surface area (Å²) in [6.07, 6.45) is 2.01. The molecule has 0 bridgehead atoms. The summed E-state index contributed by atoms with van der Waals surface area (Å²) in [6.45, 7) is 1.62. The van der Waals surface area contributed by atoms with Crippen molar-refractivity contribution < 1.29 is 13.5 Å². The van der Waals surface area contributed by atoms with Crippen molar-refractivity contribution in [2.75, 3.05) is 13.2 Å². The zero-order valence-corrected chi connectivity index (χ0v) is 8.83. The first kappa shape index (κ1) is 10.2. The third kappa shape index (κ3) is 1.72. The zero-order chi connectivity index (χ0) is 11.1. The Bertz CT molecular complexity index is 406. The highest BCUT2D eigenvalue weighted by Gasteiger charge is 2.39. The lowest BCUT2D eigenvalue weighted by atomic mass is 10.0. The summed E-state index contributed by atoms with van der Waals surface area (Å²) in [6, 6.07) is 3.64. The van der Waals surface area contributed by atoms with Crippen LogP contribution in [0.4, 0.5) is 8.78 Å². The van der Waals surface area contributed by atoms with Crippen LogP contribution in [0.2, 0.25) is 0 Å². The van der Waals surface area contributed by atoms with Crippen LogP contribution in [-0.4, -0.2) is 24.3 Å². The van der Waals surface area contributed by atoms with Crippen LogP contribution in [-0.2, 0) is 4.74 Å². The lowest BCUT2D eigenvalue weighted by Crippen LogP contribution is -2.27. The van der Waals surface area contributed by atoms with Gasteiger partial charge in [0.1, 0.15) is 17.9 Å². The Kier molecular flexibility index (Phi) is 2.41. The van der Waals surface area contributed by atoms with Crippen molar-refractivity contribution >= 4 is 0 Å². The first-order valence-electron chi connectivity index (χ1n) is 5.58. The lowest BCUT2D eigenvalue weighted by Gasteiger charge is -2.23. The highest BCUT2D eigenvalue weighted by Crippen LogP contribution is 2.38. The Labute approximate surface area is 92.8 Å². The number of rotatable bonds is 2. The number of hydrogen-bond acceptors (Lipinski definition) is 2. The first-order valence-corrected chi connectivity index (χ1v) is 5.58. The van der Waals surface area contributed by atoms with E-state index < -0.39 is 0 Å². The highest BCUT2D eigenvalue weighted by molar-refractivity contribution is 5.23. The molecule has 2 aliphatic heterocycles. The van der Waals surface area contributed by atoms with Crippen molar-refractivity contribution in [3.05, 3.63) is 35.4 Å². The van der Waals surface area contributed by atoms with Gasteiger partial charge in [-0.25, -0.2) is 8.78 Å². The molecule has 0 aliphatic carbocycles. The molecule has 0 radical (unpaired) electrons. The molecule has 0 saturated carbocycles. The molecule has 2 aliphatic rings. The first-order chi connectivity index (χ1) is 7.75. The molecule has 2 fully saturated rings. The molecule has 1 aromatic rings. The van der Waals surface area contributed by atoms with Crippen molar-refractivity contribution in [1.82, 2.24) is 4.90 Å². The van der Waals surface area contributed by atoms with Gasteiger partial charge in [0.05, 0.1) is 6.61 Å². The summed E-state index contributed by atoms with van der Waals surface area (Å²) >= 11 is 0. The largest absolute Gasteiger partial charge is 0.357 e. The van der Waals surface area contributed by atoms with Crippen LogP contribution in [0.1, 0.15) is 24.4 Å². The number of nitrogens with zero attached hydrogens (tertiary/aromatic N) is 1. The Morgan fingerprint density at radius 1 is 1.31 bits per heavy atom. The van der Waals surface area contributed by atoms with Gasteiger partial charge >= 0.3 is 0 Å². The van der Waals surface area contributed by atoms with Crippen LogP contribution < -0.4 is 0 Å². The minimum absolute atomic E-state index is 0.0248. The predicted octanol–water partition coefficient (Wildman–Crippen LogP) is 2.46. The monoisotopic (exact) mass is 225 g/mol. The summed E-state index contributed by atoms with van der Waals surface area (Å²) in [5.41, 5.74) is 0.466. The third-order valence-corrected chi connectivity index (χ3v) is 3.30. The molecule has 2 atom stereocenters. The molecular formula is C12H13F2NO. The van der Waals surface area contributed by atoms with E-state index in [4.69, 9.17) is 4.74 Å². The maximum absolute atomic E-state index is 13.6. The fourth-order valence-electron chi connectivity index (χ4n) is 2.47. The molecule has 4 heteroatoms. The fourth-order valence-corrected chi connectivity index (χ4v) is 2.47. The summed E-state index contributed by atoms with van der Waals surface area (Å²) in [7, 11) is 0. The molecule has 0 spiro atoms. The molecule has 0 amide bonds. The maximum Gasteiger partial charge on any atom is 0.135 e.